The number of amides is 2. The Hall–Kier alpha value is -3.06. The second-order valence-corrected chi connectivity index (χ2v) is 8.42. The van der Waals surface area contributed by atoms with Crippen LogP contribution in [0.15, 0.2) is 42.5 Å². The van der Waals surface area contributed by atoms with Crippen molar-refractivity contribution in [3.63, 3.8) is 0 Å². The van der Waals surface area contributed by atoms with Crippen molar-refractivity contribution in [1.82, 2.24) is 5.32 Å². The van der Waals surface area contributed by atoms with Gasteiger partial charge in [-0.2, -0.15) is 0 Å². The molecular weight excluding hydrogens is 394 g/mol. The normalized spacial score (nSPS) is 14.6. The molecule has 0 aliphatic carbocycles. The molecule has 2 amide bonds. The monoisotopic (exact) mass is 426 g/mol. The van der Waals surface area contributed by atoms with Crippen LogP contribution < -0.4 is 25.0 Å². The van der Waals surface area contributed by atoms with Gasteiger partial charge in [0, 0.05) is 5.69 Å². The van der Waals surface area contributed by atoms with E-state index in [9.17, 15) is 9.59 Å². The van der Waals surface area contributed by atoms with Gasteiger partial charge in [-0.1, -0.05) is 37.6 Å². The highest BCUT2D eigenvalue weighted by molar-refractivity contribution is 5.91. The van der Waals surface area contributed by atoms with Crippen molar-refractivity contribution in [2.24, 2.45) is 5.92 Å². The maximum atomic E-state index is 12.7. The second kappa shape index (κ2) is 10.3. The molecule has 0 saturated heterocycles. The largest absolute Gasteiger partial charge is 0.486 e. The Kier molecular flexibility index (Phi) is 7.52. The summed E-state index contributed by atoms with van der Waals surface area (Å²) in [6.07, 6.45) is 0. The van der Waals surface area contributed by atoms with Crippen molar-refractivity contribution in [1.29, 1.82) is 0 Å². The smallest absolute Gasteiger partial charge is 0.279 e. The average Bonchev–Trinajstić information content (AvgIpc) is 2.73. The van der Waals surface area contributed by atoms with Crippen LogP contribution in [-0.2, 0) is 9.59 Å². The number of ether oxygens (including phenoxy) is 2. The van der Waals surface area contributed by atoms with Gasteiger partial charge in [-0.15, -0.1) is 0 Å². The summed E-state index contributed by atoms with van der Waals surface area (Å²) in [6, 6.07) is 13.3. The maximum Gasteiger partial charge on any atom is 0.279 e. The summed E-state index contributed by atoms with van der Waals surface area (Å²) in [5.74, 6) is 1.40. The van der Waals surface area contributed by atoms with Gasteiger partial charge >= 0.3 is 0 Å². The number of hydrogen-bond donors (Lipinski definition) is 3. The zero-order valence-electron chi connectivity index (χ0n) is 18.7. The van der Waals surface area contributed by atoms with Crippen LogP contribution in [0.1, 0.15) is 31.0 Å². The van der Waals surface area contributed by atoms with Gasteiger partial charge in [-0.3, -0.25) is 9.59 Å². The molecule has 7 nitrogen and oxygen atoms in total. The highest BCUT2D eigenvalue weighted by atomic mass is 16.6. The summed E-state index contributed by atoms with van der Waals surface area (Å²) in [7, 11) is 1.84. The molecule has 1 heterocycles. The van der Waals surface area contributed by atoms with Crippen molar-refractivity contribution in [3.8, 4) is 11.5 Å². The quantitative estimate of drug-likeness (QED) is 0.601. The van der Waals surface area contributed by atoms with Crippen LogP contribution in [0.2, 0.25) is 0 Å². The molecule has 0 radical (unpaired) electrons. The van der Waals surface area contributed by atoms with E-state index in [0.29, 0.717) is 19.0 Å². The number of aryl methyl sites for hydroxylation is 1. The first-order chi connectivity index (χ1) is 14.8. The molecule has 0 spiro atoms. The number of quaternary nitrogens is 1. The number of rotatable bonds is 8. The van der Waals surface area contributed by atoms with Gasteiger partial charge in [0.2, 0.25) is 0 Å². The Morgan fingerprint density at radius 3 is 2.29 bits per heavy atom. The number of carbonyl (C=O) groups is 2. The SMILES string of the molecule is Cc1ccc(NC(=O)C[NH+](C)CC(=O)N[C@H](c2ccc3c(c2)OCCO3)C(C)C)cc1. The maximum absolute atomic E-state index is 12.7. The molecule has 31 heavy (non-hydrogen) atoms. The van der Waals surface area contributed by atoms with Crippen LogP contribution in [0.4, 0.5) is 5.69 Å². The summed E-state index contributed by atoms with van der Waals surface area (Å²) in [5.41, 5.74) is 2.86. The Labute approximate surface area is 183 Å². The lowest BCUT2D eigenvalue weighted by molar-refractivity contribution is -0.862. The van der Waals surface area contributed by atoms with E-state index in [1.807, 2.05) is 56.4 Å². The van der Waals surface area contributed by atoms with E-state index in [4.69, 9.17) is 9.47 Å². The molecule has 2 aromatic rings. The first-order valence-electron chi connectivity index (χ1n) is 10.7. The molecule has 3 rings (SSSR count). The standard InChI is InChI=1S/C24H31N3O4/c1-16(2)24(18-7-10-20-21(13-18)31-12-11-30-20)26-23(29)15-27(4)14-22(28)25-19-8-5-17(3)6-9-19/h5-10,13,16,24H,11-12,14-15H2,1-4H3,(H,25,28)(H,26,29)/p+1/t24-/m0/s1. The molecule has 3 N–H and O–H groups in total. The molecular formula is C24H32N3O4+. The third kappa shape index (κ3) is 6.46. The van der Waals surface area contributed by atoms with Crippen molar-refractivity contribution in [3.05, 3.63) is 53.6 Å². The average molecular weight is 427 g/mol. The van der Waals surface area contributed by atoms with E-state index < -0.39 is 0 Å². The van der Waals surface area contributed by atoms with E-state index in [0.717, 1.165) is 27.5 Å². The fourth-order valence-corrected chi connectivity index (χ4v) is 3.57. The summed E-state index contributed by atoms with van der Waals surface area (Å²) >= 11 is 0. The predicted molar refractivity (Wildman–Crippen MR) is 120 cm³/mol. The summed E-state index contributed by atoms with van der Waals surface area (Å²) in [6.45, 7) is 7.60. The third-order valence-electron chi connectivity index (χ3n) is 5.17. The third-order valence-corrected chi connectivity index (χ3v) is 5.17. The molecule has 1 aliphatic heterocycles. The number of benzene rings is 2. The summed E-state index contributed by atoms with van der Waals surface area (Å²) < 4.78 is 11.3. The molecule has 0 saturated carbocycles. The molecule has 0 fully saturated rings. The van der Waals surface area contributed by atoms with Gasteiger partial charge in [-0.05, 0) is 42.7 Å². The first kappa shape index (κ1) is 22.6. The molecule has 166 valence electrons. The predicted octanol–water partition coefficient (Wildman–Crippen LogP) is 1.73. The molecule has 2 aromatic carbocycles. The van der Waals surface area contributed by atoms with Gasteiger partial charge in [0.05, 0.1) is 13.1 Å². The zero-order chi connectivity index (χ0) is 22.4. The van der Waals surface area contributed by atoms with E-state index in [1.54, 1.807) is 0 Å². The van der Waals surface area contributed by atoms with Crippen LogP contribution in [-0.4, -0.2) is 45.2 Å². The fraction of sp³-hybridized carbons (Fsp3) is 0.417. The van der Waals surface area contributed by atoms with Crippen LogP contribution in [0.3, 0.4) is 0 Å². The number of carbonyl (C=O) groups excluding carboxylic acids is 2. The zero-order valence-corrected chi connectivity index (χ0v) is 18.7. The number of anilines is 1. The minimum atomic E-state index is -0.155. The van der Waals surface area contributed by atoms with E-state index in [2.05, 4.69) is 24.5 Å². The van der Waals surface area contributed by atoms with Gasteiger partial charge in [0.15, 0.2) is 24.6 Å². The lowest BCUT2D eigenvalue weighted by atomic mass is 9.95. The minimum Gasteiger partial charge on any atom is -0.486 e. The fourth-order valence-electron chi connectivity index (χ4n) is 3.57. The van der Waals surface area contributed by atoms with E-state index in [1.165, 1.54) is 0 Å². The van der Waals surface area contributed by atoms with Gasteiger partial charge in [0.1, 0.15) is 13.2 Å². The van der Waals surface area contributed by atoms with Crippen LogP contribution in [0, 0.1) is 12.8 Å². The molecule has 0 aromatic heterocycles. The molecule has 2 atom stereocenters. The van der Waals surface area contributed by atoms with Crippen molar-refractivity contribution >= 4 is 17.5 Å². The number of likely N-dealkylation sites (N-methyl/N-ethyl adjacent to an activating group) is 1. The second-order valence-electron chi connectivity index (χ2n) is 8.42. The van der Waals surface area contributed by atoms with Crippen LogP contribution in [0.5, 0.6) is 11.5 Å². The van der Waals surface area contributed by atoms with Gasteiger partial charge in [0.25, 0.3) is 11.8 Å². The number of fused-ring (bicyclic) bond motifs is 1. The molecule has 1 unspecified atom stereocenters. The van der Waals surface area contributed by atoms with Crippen molar-refractivity contribution in [2.75, 3.05) is 38.7 Å². The van der Waals surface area contributed by atoms with Crippen molar-refractivity contribution in [2.45, 2.75) is 26.8 Å². The van der Waals surface area contributed by atoms with Gasteiger partial charge < -0.3 is 25.0 Å². The molecule has 1 aliphatic rings. The number of nitrogens with one attached hydrogen (secondary N) is 3. The Morgan fingerprint density at radius 1 is 0.968 bits per heavy atom. The van der Waals surface area contributed by atoms with E-state index >= 15 is 0 Å². The van der Waals surface area contributed by atoms with Gasteiger partial charge in [-0.25, -0.2) is 0 Å². The Bertz CT molecular complexity index is 912. The Morgan fingerprint density at radius 2 is 1.61 bits per heavy atom. The van der Waals surface area contributed by atoms with Crippen LogP contribution >= 0.6 is 0 Å². The lowest BCUT2D eigenvalue weighted by Gasteiger charge is -2.26. The lowest BCUT2D eigenvalue weighted by Crippen LogP contribution is -3.11. The summed E-state index contributed by atoms with van der Waals surface area (Å²) in [4.78, 5) is 25.8. The summed E-state index contributed by atoms with van der Waals surface area (Å²) in [5, 5.41) is 5.98. The highest BCUT2D eigenvalue weighted by Gasteiger charge is 2.23. The van der Waals surface area contributed by atoms with Crippen molar-refractivity contribution < 1.29 is 24.0 Å². The Balaban J connectivity index is 1.54. The van der Waals surface area contributed by atoms with Crippen LogP contribution in [0.25, 0.3) is 0 Å². The first-order valence-corrected chi connectivity index (χ1v) is 10.7. The number of hydrogen-bond acceptors (Lipinski definition) is 4. The topological polar surface area (TPSA) is 81.1 Å². The van der Waals surface area contributed by atoms with E-state index in [-0.39, 0.29) is 36.9 Å². The highest BCUT2D eigenvalue weighted by Crippen LogP contribution is 2.34. The molecule has 7 heteroatoms. The minimum absolute atomic E-state index is 0.103. The molecule has 0 bridgehead atoms.